The van der Waals surface area contributed by atoms with E-state index in [1.807, 2.05) is 49.9 Å². The highest BCUT2D eigenvalue weighted by Gasteiger charge is 2.27. The molecule has 0 radical (unpaired) electrons. The number of hydrogen-bond acceptors (Lipinski definition) is 4. The van der Waals surface area contributed by atoms with Gasteiger partial charge in [0, 0.05) is 52.9 Å². The molecule has 0 aliphatic carbocycles. The van der Waals surface area contributed by atoms with Gasteiger partial charge in [0.15, 0.2) is 5.96 Å². The number of hydrogen-bond donors (Lipinski definition) is 2. The number of guanidine groups is 1. The van der Waals surface area contributed by atoms with Gasteiger partial charge in [0.05, 0.1) is 0 Å². The van der Waals surface area contributed by atoms with Gasteiger partial charge in [-0.3, -0.25) is 9.79 Å². The predicted octanol–water partition coefficient (Wildman–Crippen LogP) is 3.09. The van der Waals surface area contributed by atoms with Crippen LogP contribution in [0.4, 0.5) is 4.79 Å². The summed E-state index contributed by atoms with van der Waals surface area (Å²) in [5.74, 6) is 1.18. The number of amides is 2. The van der Waals surface area contributed by atoms with E-state index in [0.29, 0.717) is 18.0 Å². The van der Waals surface area contributed by atoms with Crippen LogP contribution in [0.3, 0.4) is 0 Å². The topological polar surface area (TPSA) is 86.3 Å². The van der Waals surface area contributed by atoms with Crippen LogP contribution < -0.4 is 10.6 Å². The first kappa shape index (κ1) is 25.5. The molecule has 0 saturated carbocycles. The van der Waals surface area contributed by atoms with E-state index < -0.39 is 5.60 Å². The lowest BCUT2D eigenvalue weighted by atomic mass is 9.95. The van der Waals surface area contributed by atoms with Gasteiger partial charge in [0.25, 0.3) is 5.91 Å². The molecule has 1 saturated heterocycles. The maximum absolute atomic E-state index is 12.3. The summed E-state index contributed by atoms with van der Waals surface area (Å²) < 4.78 is 5.51. The van der Waals surface area contributed by atoms with Crippen LogP contribution in [0.25, 0.3) is 0 Å². The molecule has 2 amide bonds. The smallest absolute Gasteiger partial charge is 0.410 e. The lowest BCUT2D eigenvalue weighted by Gasteiger charge is -2.34. The first-order valence-electron chi connectivity index (χ1n) is 11.3. The number of carbonyl (C=O) groups is 2. The molecule has 1 aliphatic rings. The summed E-state index contributed by atoms with van der Waals surface area (Å²) >= 11 is 0. The number of aliphatic imine (C=N–C) groups is 1. The van der Waals surface area contributed by atoms with Crippen molar-refractivity contribution in [2.24, 2.45) is 10.9 Å². The molecule has 32 heavy (non-hydrogen) atoms. The molecule has 0 bridgehead atoms. The van der Waals surface area contributed by atoms with Crippen molar-refractivity contribution < 1.29 is 14.3 Å². The second-order valence-corrected chi connectivity index (χ2v) is 9.47. The van der Waals surface area contributed by atoms with Crippen molar-refractivity contribution in [1.82, 2.24) is 20.4 Å². The summed E-state index contributed by atoms with van der Waals surface area (Å²) in [6, 6.07) is 7.58. The number of piperidine rings is 1. The molecule has 1 aromatic rings. The summed E-state index contributed by atoms with van der Waals surface area (Å²) in [6.07, 6.45) is 2.86. The van der Waals surface area contributed by atoms with Crippen molar-refractivity contribution in [2.75, 3.05) is 40.8 Å². The SMILES string of the molecule is CN=C(NCCC1CCCN(C(=O)OC(C)(C)C)C1)NCc1ccc(C(=O)N(C)C)cc1. The van der Waals surface area contributed by atoms with E-state index in [1.165, 1.54) is 0 Å². The molecule has 178 valence electrons. The molecule has 1 aliphatic heterocycles. The Labute approximate surface area is 192 Å². The zero-order chi connectivity index (χ0) is 23.7. The molecule has 0 spiro atoms. The molecule has 2 rings (SSSR count). The van der Waals surface area contributed by atoms with E-state index in [9.17, 15) is 9.59 Å². The molecule has 1 unspecified atom stereocenters. The van der Waals surface area contributed by atoms with Crippen molar-refractivity contribution in [3.63, 3.8) is 0 Å². The summed E-state index contributed by atoms with van der Waals surface area (Å²) in [7, 11) is 5.24. The highest BCUT2D eigenvalue weighted by molar-refractivity contribution is 5.93. The highest BCUT2D eigenvalue weighted by Crippen LogP contribution is 2.21. The van der Waals surface area contributed by atoms with Gasteiger partial charge in [-0.05, 0) is 63.6 Å². The van der Waals surface area contributed by atoms with E-state index in [2.05, 4.69) is 15.6 Å². The van der Waals surface area contributed by atoms with E-state index in [-0.39, 0.29) is 12.0 Å². The number of ether oxygens (including phenoxy) is 1. The molecule has 1 fully saturated rings. The van der Waals surface area contributed by atoms with E-state index in [4.69, 9.17) is 4.74 Å². The standard InChI is InChI=1S/C24H39N5O3/c1-24(2,3)32-23(31)29-15-7-8-19(17-29)13-14-26-22(25-4)27-16-18-9-11-20(12-10-18)21(30)28(5)6/h9-12,19H,7-8,13-17H2,1-6H3,(H2,25,26,27). The predicted molar refractivity (Wildman–Crippen MR) is 128 cm³/mol. The van der Waals surface area contributed by atoms with Crippen LogP contribution in [0.15, 0.2) is 29.3 Å². The van der Waals surface area contributed by atoms with Gasteiger partial charge in [-0.1, -0.05) is 12.1 Å². The monoisotopic (exact) mass is 445 g/mol. The fourth-order valence-corrected chi connectivity index (χ4v) is 3.62. The lowest BCUT2D eigenvalue weighted by Crippen LogP contribution is -2.44. The number of likely N-dealkylation sites (tertiary alicyclic amines) is 1. The molecule has 0 aromatic heterocycles. The van der Waals surface area contributed by atoms with Crippen LogP contribution in [0.1, 0.15) is 56.0 Å². The van der Waals surface area contributed by atoms with Crippen LogP contribution >= 0.6 is 0 Å². The zero-order valence-electron chi connectivity index (χ0n) is 20.4. The Morgan fingerprint density at radius 1 is 1.19 bits per heavy atom. The zero-order valence-corrected chi connectivity index (χ0v) is 20.4. The molecule has 8 heteroatoms. The third-order valence-electron chi connectivity index (χ3n) is 5.31. The summed E-state index contributed by atoms with van der Waals surface area (Å²) in [6.45, 7) is 8.59. The fourth-order valence-electron chi connectivity index (χ4n) is 3.62. The number of nitrogens with one attached hydrogen (secondary N) is 2. The minimum Gasteiger partial charge on any atom is -0.444 e. The van der Waals surface area contributed by atoms with Gasteiger partial charge >= 0.3 is 6.09 Å². The molecule has 1 heterocycles. The van der Waals surface area contributed by atoms with Gasteiger partial charge in [-0.25, -0.2) is 4.79 Å². The minimum atomic E-state index is -0.466. The quantitative estimate of drug-likeness (QED) is 0.519. The van der Waals surface area contributed by atoms with Crippen molar-refractivity contribution in [2.45, 2.75) is 52.2 Å². The first-order chi connectivity index (χ1) is 15.1. The molecular formula is C24H39N5O3. The van der Waals surface area contributed by atoms with Crippen LogP contribution in [0, 0.1) is 5.92 Å². The Kier molecular flexibility index (Phi) is 9.35. The van der Waals surface area contributed by atoms with Crippen molar-refractivity contribution in [3.05, 3.63) is 35.4 Å². The first-order valence-corrected chi connectivity index (χ1v) is 11.3. The van der Waals surface area contributed by atoms with Gasteiger partial charge < -0.3 is 25.2 Å². The van der Waals surface area contributed by atoms with Gasteiger partial charge in [-0.2, -0.15) is 0 Å². The lowest BCUT2D eigenvalue weighted by molar-refractivity contribution is 0.0162. The second kappa shape index (κ2) is 11.7. The van der Waals surface area contributed by atoms with Crippen molar-refractivity contribution in [3.8, 4) is 0 Å². The van der Waals surface area contributed by atoms with E-state index in [1.54, 1.807) is 26.0 Å². The number of nitrogens with zero attached hydrogens (tertiary/aromatic N) is 3. The summed E-state index contributed by atoms with van der Waals surface area (Å²) in [4.78, 5) is 32.0. The summed E-state index contributed by atoms with van der Waals surface area (Å²) in [5, 5.41) is 6.66. The Morgan fingerprint density at radius 2 is 1.88 bits per heavy atom. The average molecular weight is 446 g/mol. The Balaban J connectivity index is 1.74. The Bertz CT molecular complexity index is 784. The maximum atomic E-state index is 12.3. The largest absolute Gasteiger partial charge is 0.444 e. The molecule has 1 aromatic carbocycles. The van der Waals surface area contributed by atoms with Crippen LogP contribution in [0.2, 0.25) is 0 Å². The van der Waals surface area contributed by atoms with Crippen LogP contribution in [0.5, 0.6) is 0 Å². The second-order valence-electron chi connectivity index (χ2n) is 9.47. The van der Waals surface area contributed by atoms with E-state index in [0.717, 1.165) is 50.4 Å². The van der Waals surface area contributed by atoms with Crippen molar-refractivity contribution in [1.29, 1.82) is 0 Å². The fraction of sp³-hybridized carbons (Fsp3) is 0.625. The highest BCUT2D eigenvalue weighted by atomic mass is 16.6. The minimum absolute atomic E-state index is 0.00469. The van der Waals surface area contributed by atoms with E-state index >= 15 is 0 Å². The Hall–Kier alpha value is -2.77. The molecular weight excluding hydrogens is 406 g/mol. The third-order valence-corrected chi connectivity index (χ3v) is 5.31. The van der Waals surface area contributed by atoms with Crippen LogP contribution in [-0.4, -0.2) is 74.1 Å². The summed E-state index contributed by atoms with van der Waals surface area (Å²) in [5.41, 5.74) is 1.28. The van der Waals surface area contributed by atoms with Crippen molar-refractivity contribution >= 4 is 18.0 Å². The van der Waals surface area contributed by atoms with Crippen LogP contribution in [-0.2, 0) is 11.3 Å². The third kappa shape index (κ3) is 8.40. The van der Waals surface area contributed by atoms with Gasteiger partial charge in [0.2, 0.25) is 0 Å². The molecule has 8 nitrogen and oxygen atoms in total. The Morgan fingerprint density at radius 3 is 2.47 bits per heavy atom. The molecule has 1 atom stereocenters. The number of carbonyl (C=O) groups excluding carboxylic acids is 2. The number of rotatable bonds is 6. The van der Waals surface area contributed by atoms with Gasteiger partial charge in [-0.15, -0.1) is 0 Å². The average Bonchev–Trinajstić information content (AvgIpc) is 2.75. The normalized spacial score (nSPS) is 17.0. The molecule has 2 N–H and O–H groups in total. The number of benzene rings is 1. The maximum Gasteiger partial charge on any atom is 0.410 e. The van der Waals surface area contributed by atoms with Gasteiger partial charge in [0.1, 0.15) is 5.60 Å².